The molecule has 8 heteroatoms. The maximum absolute atomic E-state index is 5.90. The minimum atomic E-state index is 0. The van der Waals surface area contributed by atoms with E-state index in [2.05, 4.69) is 36.5 Å². The lowest BCUT2D eigenvalue weighted by molar-refractivity contribution is 0.786. The molecule has 0 amide bonds. The van der Waals surface area contributed by atoms with Crippen LogP contribution in [0.3, 0.4) is 0 Å². The molecule has 2 heterocycles. The van der Waals surface area contributed by atoms with Crippen molar-refractivity contribution < 1.29 is 0 Å². The van der Waals surface area contributed by atoms with Crippen molar-refractivity contribution in [1.29, 1.82) is 0 Å². The summed E-state index contributed by atoms with van der Waals surface area (Å²) in [7, 11) is 1.76. The third-order valence-electron chi connectivity index (χ3n) is 3.74. The third kappa shape index (κ3) is 5.85. The molecule has 0 aliphatic rings. The Kier molecular flexibility index (Phi) is 8.17. The molecule has 2 aromatic heterocycles. The molecular formula is C18H20BrClIN5. The van der Waals surface area contributed by atoms with Crippen LogP contribution in [0.4, 0.5) is 0 Å². The molecule has 0 aliphatic heterocycles. The van der Waals surface area contributed by atoms with Crippen molar-refractivity contribution in [2.24, 2.45) is 4.99 Å². The predicted octanol–water partition coefficient (Wildman–Crippen LogP) is 4.28. The smallest absolute Gasteiger partial charge is 0.191 e. The van der Waals surface area contributed by atoms with Gasteiger partial charge in [0, 0.05) is 35.5 Å². The van der Waals surface area contributed by atoms with Gasteiger partial charge in [-0.2, -0.15) is 0 Å². The molecule has 0 saturated carbocycles. The Bertz CT molecular complexity index is 879. The van der Waals surface area contributed by atoms with Crippen LogP contribution < -0.4 is 10.6 Å². The van der Waals surface area contributed by atoms with Gasteiger partial charge < -0.3 is 15.0 Å². The average Bonchev–Trinajstić information content (AvgIpc) is 3.01. The van der Waals surface area contributed by atoms with Crippen molar-refractivity contribution in [2.75, 3.05) is 13.6 Å². The van der Waals surface area contributed by atoms with Gasteiger partial charge in [0.25, 0.3) is 0 Å². The molecule has 3 aromatic rings. The zero-order chi connectivity index (χ0) is 17.6. The summed E-state index contributed by atoms with van der Waals surface area (Å²) < 4.78 is 3.02. The first kappa shape index (κ1) is 21.0. The van der Waals surface area contributed by atoms with Gasteiger partial charge in [0.2, 0.25) is 0 Å². The first-order valence-corrected chi connectivity index (χ1v) is 9.13. The summed E-state index contributed by atoms with van der Waals surface area (Å²) in [6.07, 6.45) is 4.90. The van der Waals surface area contributed by atoms with Crippen LogP contribution in [-0.2, 0) is 13.0 Å². The van der Waals surface area contributed by atoms with E-state index in [1.165, 1.54) is 5.56 Å². The summed E-state index contributed by atoms with van der Waals surface area (Å²) in [5.41, 5.74) is 3.11. The molecule has 0 atom stereocenters. The maximum atomic E-state index is 5.90. The highest BCUT2D eigenvalue weighted by Crippen LogP contribution is 2.12. The molecule has 0 unspecified atom stereocenters. The second kappa shape index (κ2) is 10.1. The number of rotatable bonds is 5. The molecule has 26 heavy (non-hydrogen) atoms. The summed E-state index contributed by atoms with van der Waals surface area (Å²) in [6.45, 7) is 1.40. The van der Waals surface area contributed by atoms with Crippen LogP contribution in [0.2, 0.25) is 5.02 Å². The Hall–Kier alpha value is -1.32. The molecular weight excluding hydrogens is 528 g/mol. The summed E-state index contributed by atoms with van der Waals surface area (Å²) in [4.78, 5) is 8.83. The Morgan fingerprint density at radius 1 is 1.15 bits per heavy atom. The molecule has 3 rings (SSSR count). The van der Waals surface area contributed by atoms with Gasteiger partial charge in [-0.3, -0.25) is 4.99 Å². The highest BCUT2D eigenvalue weighted by atomic mass is 127. The number of hydrogen-bond acceptors (Lipinski definition) is 2. The highest BCUT2D eigenvalue weighted by Gasteiger charge is 2.04. The largest absolute Gasteiger partial charge is 0.356 e. The number of pyridine rings is 1. The zero-order valence-corrected chi connectivity index (χ0v) is 18.9. The van der Waals surface area contributed by atoms with E-state index in [0.29, 0.717) is 6.54 Å². The summed E-state index contributed by atoms with van der Waals surface area (Å²) in [6, 6.07) is 11.9. The lowest BCUT2D eigenvalue weighted by Gasteiger charge is -2.11. The Balaban J connectivity index is 0.00000243. The van der Waals surface area contributed by atoms with Gasteiger partial charge in [0.05, 0.1) is 12.2 Å². The molecule has 1 aromatic carbocycles. The van der Waals surface area contributed by atoms with Crippen molar-refractivity contribution in [1.82, 2.24) is 20.0 Å². The third-order valence-corrected chi connectivity index (χ3v) is 4.47. The van der Waals surface area contributed by atoms with Gasteiger partial charge in [-0.25, -0.2) is 4.98 Å². The normalized spacial score (nSPS) is 11.3. The molecule has 0 aliphatic carbocycles. The Morgan fingerprint density at radius 3 is 2.65 bits per heavy atom. The predicted molar refractivity (Wildman–Crippen MR) is 122 cm³/mol. The van der Waals surface area contributed by atoms with Crippen molar-refractivity contribution in [3.8, 4) is 0 Å². The van der Waals surface area contributed by atoms with Crippen molar-refractivity contribution in [3.63, 3.8) is 0 Å². The standard InChI is InChI=1S/C18H19BrClN5.HI/c1-21-18(22-9-8-13-2-5-15(20)6-3-13)23-10-16-12-25-11-14(19)4-7-17(25)24-16;/h2-7,11-12H,8-10H2,1H3,(H2,21,22,23);1H. The van der Waals surface area contributed by atoms with Gasteiger partial charge in [-0.05, 0) is 52.2 Å². The van der Waals surface area contributed by atoms with Crippen LogP contribution in [0.5, 0.6) is 0 Å². The minimum Gasteiger partial charge on any atom is -0.356 e. The van der Waals surface area contributed by atoms with E-state index in [1.54, 1.807) is 7.05 Å². The average molecular weight is 549 g/mol. The topological polar surface area (TPSA) is 53.7 Å². The lowest BCUT2D eigenvalue weighted by atomic mass is 10.1. The summed E-state index contributed by atoms with van der Waals surface area (Å²) in [5, 5.41) is 7.35. The number of halogens is 3. The number of fused-ring (bicyclic) bond motifs is 1. The number of aromatic nitrogens is 2. The van der Waals surface area contributed by atoms with E-state index in [9.17, 15) is 0 Å². The maximum Gasteiger partial charge on any atom is 0.191 e. The fourth-order valence-corrected chi connectivity index (χ4v) is 2.95. The fourth-order valence-electron chi connectivity index (χ4n) is 2.47. The van der Waals surface area contributed by atoms with Gasteiger partial charge in [0.1, 0.15) is 5.65 Å². The van der Waals surface area contributed by atoms with E-state index in [4.69, 9.17) is 11.6 Å². The van der Waals surface area contributed by atoms with Crippen LogP contribution in [-0.4, -0.2) is 28.9 Å². The zero-order valence-electron chi connectivity index (χ0n) is 14.2. The van der Waals surface area contributed by atoms with Crippen LogP contribution in [0.25, 0.3) is 5.65 Å². The van der Waals surface area contributed by atoms with Gasteiger partial charge in [0.15, 0.2) is 5.96 Å². The molecule has 138 valence electrons. The first-order chi connectivity index (χ1) is 12.1. The number of imidazole rings is 1. The monoisotopic (exact) mass is 547 g/mol. The summed E-state index contributed by atoms with van der Waals surface area (Å²) >= 11 is 9.37. The van der Waals surface area contributed by atoms with Gasteiger partial charge in [-0.15, -0.1) is 24.0 Å². The minimum absolute atomic E-state index is 0. The van der Waals surface area contributed by atoms with Crippen LogP contribution in [0.15, 0.2) is 58.3 Å². The van der Waals surface area contributed by atoms with Crippen LogP contribution in [0, 0.1) is 0 Å². The first-order valence-electron chi connectivity index (χ1n) is 7.96. The van der Waals surface area contributed by atoms with E-state index in [1.807, 2.05) is 53.2 Å². The molecule has 0 radical (unpaired) electrons. The van der Waals surface area contributed by atoms with E-state index >= 15 is 0 Å². The molecule has 0 spiro atoms. The second-order valence-corrected chi connectivity index (χ2v) is 6.93. The summed E-state index contributed by atoms with van der Waals surface area (Å²) in [5.74, 6) is 0.757. The molecule has 0 bridgehead atoms. The van der Waals surface area contributed by atoms with Crippen molar-refractivity contribution >= 4 is 63.1 Å². The second-order valence-electron chi connectivity index (χ2n) is 5.57. The number of benzene rings is 1. The fraction of sp³-hybridized carbons (Fsp3) is 0.222. The van der Waals surface area contributed by atoms with E-state index < -0.39 is 0 Å². The number of aliphatic imine (C=N–C) groups is 1. The lowest BCUT2D eigenvalue weighted by Crippen LogP contribution is -2.37. The van der Waals surface area contributed by atoms with E-state index in [0.717, 1.165) is 39.8 Å². The number of hydrogen-bond donors (Lipinski definition) is 2. The number of nitrogens with one attached hydrogen (secondary N) is 2. The Labute approximate surface area is 183 Å². The molecule has 0 saturated heterocycles. The van der Waals surface area contributed by atoms with Crippen molar-refractivity contribution in [3.05, 3.63) is 69.5 Å². The van der Waals surface area contributed by atoms with E-state index in [-0.39, 0.29) is 24.0 Å². The van der Waals surface area contributed by atoms with Crippen LogP contribution in [0.1, 0.15) is 11.3 Å². The number of nitrogens with zero attached hydrogens (tertiary/aromatic N) is 3. The Morgan fingerprint density at radius 2 is 1.92 bits per heavy atom. The molecule has 2 N–H and O–H groups in total. The molecule has 5 nitrogen and oxygen atoms in total. The van der Waals surface area contributed by atoms with Crippen LogP contribution >= 0.6 is 51.5 Å². The quantitative estimate of drug-likeness (QED) is 0.285. The molecule has 0 fully saturated rings. The highest BCUT2D eigenvalue weighted by molar-refractivity contribution is 14.0. The van der Waals surface area contributed by atoms with Gasteiger partial charge >= 0.3 is 0 Å². The van der Waals surface area contributed by atoms with Gasteiger partial charge in [-0.1, -0.05) is 23.7 Å². The van der Waals surface area contributed by atoms with Crippen molar-refractivity contribution in [2.45, 2.75) is 13.0 Å². The number of guanidine groups is 1. The SMILES string of the molecule is CN=C(NCCc1ccc(Cl)cc1)NCc1cn2cc(Br)ccc2n1.I.